The molecule has 1 fully saturated rings. The lowest BCUT2D eigenvalue weighted by Gasteiger charge is -2.34. The van der Waals surface area contributed by atoms with E-state index in [0.29, 0.717) is 0 Å². The molecule has 0 aromatic heterocycles. The van der Waals surface area contributed by atoms with Gasteiger partial charge in [0.1, 0.15) is 0 Å². The molecule has 0 saturated carbocycles. The second-order valence-electron chi connectivity index (χ2n) is 6.43. The molecule has 0 radical (unpaired) electrons. The fourth-order valence-corrected chi connectivity index (χ4v) is 3.10. The highest BCUT2D eigenvalue weighted by atomic mass is 15.3. The molecular formula is C18H31N3. The summed E-state index contributed by atoms with van der Waals surface area (Å²) >= 11 is 0. The lowest BCUT2D eigenvalue weighted by atomic mass is 10.0. The molecule has 1 heterocycles. The van der Waals surface area contributed by atoms with Crippen molar-refractivity contribution < 1.29 is 0 Å². The third-order valence-corrected chi connectivity index (χ3v) is 4.54. The van der Waals surface area contributed by atoms with E-state index in [4.69, 9.17) is 5.73 Å². The monoisotopic (exact) mass is 289 g/mol. The molecule has 1 aliphatic heterocycles. The van der Waals surface area contributed by atoms with Crippen LogP contribution < -0.4 is 5.73 Å². The number of hydrogen-bond acceptors (Lipinski definition) is 3. The van der Waals surface area contributed by atoms with Gasteiger partial charge in [-0.2, -0.15) is 0 Å². The highest BCUT2D eigenvalue weighted by Crippen LogP contribution is 2.12. The second kappa shape index (κ2) is 9.19. The van der Waals surface area contributed by atoms with Crippen LogP contribution in [0.5, 0.6) is 0 Å². The van der Waals surface area contributed by atoms with Crippen molar-refractivity contribution in [3.05, 3.63) is 35.9 Å². The van der Waals surface area contributed by atoms with Crippen LogP contribution in [0, 0.1) is 5.92 Å². The van der Waals surface area contributed by atoms with Gasteiger partial charge < -0.3 is 10.6 Å². The maximum atomic E-state index is 5.61. The van der Waals surface area contributed by atoms with Crippen LogP contribution in [0.3, 0.4) is 0 Å². The molecule has 1 aromatic rings. The number of nitrogens with zero attached hydrogens (tertiary/aromatic N) is 2. The van der Waals surface area contributed by atoms with Gasteiger partial charge in [-0.25, -0.2) is 0 Å². The molecule has 0 amide bonds. The normalized spacial score (nSPS) is 18.8. The van der Waals surface area contributed by atoms with E-state index in [1.54, 1.807) is 0 Å². The first-order chi connectivity index (χ1) is 10.3. The van der Waals surface area contributed by atoms with Gasteiger partial charge in [0.05, 0.1) is 0 Å². The van der Waals surface area contributed by atoms with Crippen LogP contribution in [-0.2, 0) is 6.54 Å². The van der Waals surface area contributed by atoms with Crippen LogP contribution in [0.25, 0.3) is 0 Å². The molecule has 2 rings (SSSR count). The van der Waals surface area contributed by atoms with Gasteiger partial charge >= 0.3 is 0 Å². The van der Waals surface area contributed by atoms with E-state index in [1.165, 1.54) is 57.5 Å². The van der Waals surface area contributed by atoms with Crippen molar-refractivity contribution in [3.63, 3.8) is 0 Å². The Hall–Kier alpha value is -0.900. The topological polar surface area (TPSA) is 32.5 Å². The predicted octanol–water partition coefficient (Wildman–Crippen LogP) is 2.57. The van der Waals surface area contributed by atoms with E-state index in [-0.39, 0.29) is 0 Å². The minimum absolute atomic E-state index is 0.786. The summed E-state index contributed by atoms with van der Waals surface area (Å²) in [7, 11) is 0. The van der Waals surface area contributed by atoms with Crippen LogP contribution in [0.15, 0.2) is 30.3 Å². The first kappa shape index (κ1) is 16.5. The highest BCUT2D eigenvalue weighted by molar-refractivity contribution is 5.14. The smallest absolute Gasteiger partial charge is 0.0234 e. The predicted molar refractivity (Wildman–Crippen MR) is 90.2 cm³/mol. The zero-order valence-corrected chi connectivity index (χ0v) is 13.5. The molecule has 0 bridgehead atoms. The zero-order valence-electron chi connectivity index (χ0n) is 13.5. The largest absolute Gasteiger partial charge is 0.330 e. The molecule has 118 valence electrons. The van der Waals surface area contributed by atoms with Crippen molar-refractivity contribution in [2.75, 3.05) is 39.3 Å². The third-order valence-electron chi connectivity index (χ3n) is 4.54. The van der Waals surface area contributed by atoms with Crippen molar-refractivity contribution in [2.45, 2.75) is 32.7 Å². The third kappa shape index (κ3) is 6.16. The Labute approximate surface area is 130 Å². The number of rotatable bonds is 8. The second-order valence-corrected chi connectivity index (χ2v) is 6.43. The Bertz CT molecular complexity index is 371. The number of piperazine rings is 1. The Kier molecular flexibility index (Phi) is 7.20. The van der Waals surface area contributed by atoms with Gasteiger partial charge in [-0.3, -0.25) is 4.90 Å². The van der Waals surface area contributed by atoms with Crippen LogP contribution in [-0.4, -0.2) is 49.1 Å². The van der Waals surface area contributed by atoms with E-state index >= 15 is 0 Å². The van der Waals surface area contributed by atoms with E-state index in [0.717, 1.165) is 19.0 Å². The molecule has 1 aliphatic rings. The van der Waals surface area contributed by atoms with Gasteiger partial charge in [0.2, 0.25) is 0 Å². The lowest BCUT2D eigenvalue weighted by molar-refractivity contribution is 0.124. The Morgan fingerprint density at radius 2 is 1.67 bits per heavy atom. The van der Waals surface area contributed by atoms with Crippen LogP contribution >= 0.6 is 0 Å². The zero-order chi connectivity index (χ0) is 14.9. The molecule has 3 nitrogen and oxygen atoms in total. The minimum atomic E-state index is 0.786. The fraction of sp³-hybridized carbons (Fsp3) is 0.667. The molecular weight excluding hydrogens is 258 g/mol. The van der Waals surface area contributed by atoms with Crippen molar-refractivity contribution in [1.29, 1.82) is 0 Å². The van der Waals surface area contributed by atoms with Gasteiger partial charge in [-0.05, 0) is 43.8 Å². The van der Waals surface area contributed by atoms with Crippen LogP contribution in [0.1, 0.15) is 31.7 Å². The highest BCUT2D eigenvalue weighted by Gasteiger charge is 2.16. The summed E-state index contributed by atoms with van der Waals surface area (Å²) in [6.07, 6.45) is 3.81. The van der Waals surface area contributed by atoms with Crippen molar-refractivity contribution in [3.8, 4) is 0 Å². The quantitative estimate of drug-likeness (QED) is 0.798. The Morgan fingerprint density at radius 1 is 1.00 bits per heavy atom. The Morgan fingerprint density at radius 3 is 2.33 bits per heavy atom. The summed E-state index contributed by atoms with van der Waals surface area (Å²) in [5.74, 6) is 0.786. The van der Waals surface area contributed by atoms with E-state index in [2.05, 4.69) is 47.1 Å². The minimum Gasteiger partial charge on any atom is -0.330 e. The molecule has 1 saturated heterocycles. The van der Waals surface area contributed by atoms with Gasteiger partial charge in [0.25, 0.3) is 0 Å². The average Bonchev–Trinajstić information content (AvgIpc) is 2.50. The first-order valence-electron chi connectivity index (χ1n) is 8.46. The summed E-state index contributed by atoms with van der Waals surface area (Å²) < 4.78 is 0. The van der Waals surface area contributed by atoms with Crippen LogP contribution in [0.2, 0.25) is 0 Å². The Balaban J connectivity index is 1.60. The first-order valence-corrected chi connectivity index (χ1v) is 8.46. The van der Waals surface area contributed by atoms with E-state index < -0.39 is 0 Å². The molecule has 1 unspecified atom stereocenters. The van der Waals surface area contributed by atoms with Gasteiger partial charge in [0, 0.05) is 32.7 Å². The number of benzene rings is 1. The van der Waals surface area contributed by atoms with Crippen molar-refractivity contribution >= 4 is 0 Å². The summed E-state index contributed by atoms with van der Waals surface area (Å²) in [5, 5.41) is 0. The van der Waals surface area contributed by atoms with Gasteiger partial charge in [-0.15, -0.1) is 0 Å². The molecule has 0 aliphatic carbocycles. The summed E-state index contributed by atoms with van der Waals surface area (Å²) in [6.45, 7) is 10.4. The van der Waals surface area contributed by atoms with Crippen molar-refractivity contribution in [1.82, 2.24) is 9.80 Å². The fourth-order valence-electron chi connectivity index (χ4n) is 3.10. The lowest BCUT2D eigenvalue weighted by Crippen LogP contribution is -2.46. The van der Waals surface area contributed by atoms with Gasteiger partial charge in [0.15, 0.2) is 0 Å². The molecule has 1 aromatic carbocycles. The molecule has 21 heavy (non-hydrogen) atoms. The van der Waals surface area contributed by atoms with Crippen LogP contribution in [0.4, 0.5) is 0 Å². The number of hydrogen-bond donors (Lipinski definition) is 1. The molecule has 1 atom stereocenters. The van der Waals surface area contributed by atoms with E-state index in [9.17, 15) is 0 Å². The standard InChI is InChI=1S/C18H31N3/c1-17(9-10-19)6-5-11-20-12-14-21(15-13-20)16-18-7-3-2-4-8-18/h2-4,7-8,17H,5-6,9-16,19H2,1H3. The number of nitrogens with two attached hydrogens (primary N) is 1. The van der Waals surface area contributed by atoms with Crippen molar-refractivity contribution in [2.24, 2.45) is 11.7 Å². The summed E-state index contributed by atoms with van der Waals surface area (Å²) in [4.78, 5) is 5.19. The SMILES string of the molecule is CC(CCN)CCCN1CCN(Cc2ccccc2)CC1. The molecule has 0 spiro atoms. The average molecular weight is 289 g/mol. The summed E-state index contributed by atoms with van der Waals surface area (Å²) in [5.41, 5.74) is 7.04. The molecule has 2 N–H and O–H groups in total. The maximum Gasteiger partial charge on any atom is 0.0234 e. The maximum absolute atomic E-state index is 5.61. The van der Waals surface area contributed by atoms with E-state index in [1.807, 2.05) is 0 Å². The summed E-state index contributed by atoms with van der Waals surface area (Å²) in [6, 6.07) is 10.8. The van der Waals surface area contributed by atoms with Gasteiger partial charge in [-0.1, -0.05) is 37.3 Å². The molecule has 3 heteroatoms.